The van der Waals surface area contributed by atoms with Crippen molar-refractivity contribution < 1.29 is 0 Å². The van der Waals surface area contributed by atoms with Gasteiger partial charge in [-0.25, -0.2) is 0 Å². The van der Waals surface area contributed by atoms with Crippen LogP contribution in [0.3, 0.4) is 0 Å². The number of nitrogens with two attached hydrogens (primary N) is 1. The lowest BCUT2D eigenvalue weighted by Gasteiger charge is -2.29. The van der Waals surface area contributed by atoms with Crippen LogP contribution in [0.4, 0.5) is 0 Å². The van der Waals surface area contributed by atoms with Gasteiger partial charge in [-0.2, -0.15) is 0 Å². The normalized spacial score (nSPS) is 11.5. The van der Waals surface area contributed by atoms with E-state index in [-0.39, 0.29) is 5.54 Å². The molecule has 1 heteroatoms. The molecule has 2 rings (SSSR count). The van der Waals surface area contributed by atoms with Crippen molar-refractivity contribution in [3.8, 4) is 0 Å². The van der Waals surface area contributed by atoms with E-state index in [1.54, 1.807) is 0 Å². The molecule has 0 aliphatic rings. The van der Waals surface area contributed by atoms with Crippen LogP contribution in [-0.4, -0.2) is 5.54 Å². The summed E-state index contributed by atoms with van der Waals surface area (Å²) in [6, 6.07) is 21.4. The van der Waals surface area contributed by atoms with Crippen molar-refractivity contribution in [2.75, 3.05) is 0 Å². The Balaban J connectivity index is 1.92. The predicted molar refractivity (Wildman–Crippen MR) is 91.4 cm³/mol. The minimum Gasteiger partial charge on any atom is -0.325 e. The lowest BCUT2D eigenvalue weighted by Crippen LogP contribution is -2.40. The molecule has 0 amide bonds. The van der Waals surface area contributed by atoms with Crippen molar-refractivity contribution in [2.24, 2.45) is 5.73 Å². The van der Waals surface area contributed by atoms with Crippen LogP contribution in [0.25, 0.3) is 0 Å². The highest BCUT2D eigenvalue weighted by molar-refractivity contribution is 5.17. The standard InChI is InChI=1S/C20H27N/c1-2-15-20(21,16-13-18-9-5-3-6-10-18)17-14-19-11-7-4-8-12-19/h3-12H,2,13-17,21H2,1H3. The highest BCUT2D eigenvalue weighted by Gasteiger charge is 2.23. The molecule has 0 saturated heterocycles. The van der Waals surface area contributed by atoms with Crippen molar-refractivity contribution in [1.29, 1.82) is 0 Å². The minimum atomic E-state index is -0.0412. The molecule has 0 aliphatic carbocycles. The minimum absolute atomic E-state index is 0.0412. The predicted octanol–water partition coefficient (Wildman–Crippen LogP) is 4.75. The van der Waals surface area contributed by atoms with E-state index in [0.717, 1.165) is 38.5 Å². The van der Waals surface area contributed by atoms with Gasteiger partial charge >= 0.3 is 0 Å². The summed E-state index contributed by atoms with van der Waals surface area (Å²) in [7, 11) is 0. The van der Waals surface area contributed by atoms with Gasteiger partial charge in [-0.3, -0.25) is 0 Å². The summed E-state index contributed by atoms with van der Waals surface area (Å²) in [6.07, 6.45) is 6.54. The zero-order valence-electron chi connectivity index (χ0n) is 13.1. The molecule has 0 atom stereocenters. The summed E-state index contributed by atoms with van der Waals surface area (Å²) in [6.45, 7) is 2.23. The average molecular weight is 281 g/mol. The molecule has 0 saturated carbocycles. The van der Waals surface area contributed by atoms with Crippen LogP contribution < -0.4 is 5.73 Å². The van der Waals surface area contributed by atoms with Gasteiger partial charge in [0.15, 0.2) is 0 Å². The molecular formula is C20H27N. The van der Waals surface area contributed by atoms with Gasteiger partial charge in [0, 0.05) is 5.54 Å². The largest absolute Gasteiger partial charge is 0.325 e. The van der Waals surface area contributed by atoms with Crippen LogP contribution in [0.2, 0.25) is 0 Å². The van der Waals surface area contributed by atoms with E-state index in [1.165, 1.54) is 11.1 Å². The zero-order valence-corrected chi connectivity index (χ0v) is 13.1. The third kappa shape index (κ3) is 5.35. The van der Waals surface area contributed by atoms with Crippen LogP contribution in [0.15, 0.2) is 60.7 Å². The van der Waals surface area contributed by atoms with Gasteiger partial charge in [-0.05, 0) is 43.2 Å². The van der Waals surface area contributed by atoms with Crippen molar-refractivity contribution in [2.45, 2.75) is 51.0 Å². The molecule has 0 heterocycles. The number of benzene rings is 2. The molecule has 0 fully saturated rings. The maximum Gasteiger partial charge on any atom is 0.0160 e. The van der Waals surface area contributed by atoms with Crippen molar-refractivity contribution in [3.63, 3.8) is 0 Å². The highest BCUT2D eigenvalue weighted by Crippen LogP contribution is 2.23. The van der Waals surface area contributed by atoms with E-state index in [9.17, 15) is 0 Å². The fraction of sp³-hybridized carbons (Fsp3) is 0.400. The fourth-order valence-electron chi connectivity index (χ4n) is 2.95. The van der Waals surface area contributed by atoms with Crippen molar-refractivity contribution in [1.82, 2.24) is 0 Å². The van der Waals surface area contributed by atoms with Crippen LogP contribution >= 0.6 is 0 Å². The molecule has 1 nitrogen and oxygen atoms in total. The van der Waals surface area contributed by atoms with Crippen LogP contribution in [-0.2, 0) is 12.8 Å². The van der Waals surface area contributed by atoms with E-state index in [4.69, 9.17) is 5.73 Å². The molecule has 0 aromatic heterocycles. The summed E-state index contributed by atoms with van der Waals surface area (Å²) < 4.78 is 0. The molecule has 0 radical (unpaired) electrons. The van der Waals surface area contributed by atoms with Gasteiger partial charge in [-0.1, -0.05) is 74.0 Å². The van der Waals surface area contributed by atoms with Crippen molar-refractivity contribution in [3.05, 3.63) is 71.8 Å². The molecule has 0 bridgehead atoms. The summed E-state index contributed by atoms with van der Waals surface area (Å²) in [4.78, 5) is 0. The van der Waals surface area contributed by atoms with E-state index < -0.39 is 0 Å². The molecule has 2 aromatic carbocycles. The van der Waals surface area contributed by atoms with Crippen LogP contribution in [0, 0.1) is 0 Å². The van der Waals surface area contributed by atoms with Gasteiger partial charge in [-0.15, -0.1) is 0 Å². The SMILES string of the molecule is CCCC(N)(CCc1ccccc1)CCc1ccccc1. The summed E-state index contributed by atoms with van der Waals surface area (Å²) in [5.74, 6) is 0. The third-order valence-corrected chi connectivity index (χ3v) is 4.26. The Morgan fingerprint density at radius 2 is 1.14 bits per heavy atom. The summed E-state index contributed by atoms with van der Waals surface area (Å²) in [5, 5.41) is 0. The number of hydrogen-bond acceptors (Lipinski definition) is 1. The lowest BCUT2D eigenvalue weighted by molar-refractivity contribution is 0.336. The fourth-order valence-corrected chi connectivity index (χ4v) is 2.95. The second kappa shape index (κ2) is 7.99. The van der Waals surface area contributed by atoms with E-state index >= 15 is 0 Å². The Hall–Kier alpha value is -1.60. The molecule has 21 heavy (non-hydrogen) atoms. The molecular weight excluding hydrogens is 254 g/mol. The second-order valence-corrected chi connectivity index (χ2v) is 6.08. The molecule has 2 aromatic rings. The molecule has 0 unspecified atom stereocenters. The van der Waals surface area contributed by atoms with Crippen LogP contribution in [0.5, 0.6) is 0 Å². The van der Waals surface area contributed by atoms with E-state index in [1.807, 2.05) is 0 Å². The van der Waals surface area contributed by atoms with Crippen LogP contribution in [0.1, 0.15) is 43.7 Å². The average Bonchev–Trinajstić information content (AvgIpc) is 2.54. The lowest BCUT2D eigenvalue weighted by atomic mass is 9.83. The Kier molecular flexibility index (Phi) is 6.01. The van der Waals surface area contributed by atoms with Gasteiger partial charge in [0.05, 0.1) is 0 Å². The number of rotatable bonds is 8. The maximum absolute atomic E-state index is 6.70. The summed E-state index contributed by atoms with van der Waals surface area (Å²) in [5.41, 5.74) is 9.45. The molecule has 0 aliphatic heterocycles. The zero-order chi connectivity index (χ0) is 15.0. The number of aryl methyl sites for hydroxylation is 2. The smallest absolute Gasteiger partial charge is 0.0160 e. The number of hydrogen-bond donors (Lipinski definition) is 1. The Morgan fingerprint density at radius 1 is 0.714 bits per heavy atom. The first-order valence-corrected chi connectivity index (χ1v) is 8.08. The summed E-state index contributed by atoms with van der Waals surface area (Å²) >= 11 is 0. The Labute approximate surface area is 129 Å². The first kappa shape index (κ1) is 15.8. The Morgan fingerprint density at radius 3 is 1.52 bits per heavy atom. The quantitative estimate of drug-likeness (QED) is 0.742. The first-order chi connectivity index (χ1) is 10.2. The first-order valence-electron chi connectivity index (χ1n) is 8.08. The van der Waals surface area contributed by atoms with E-state index in [0.29, 0.717) is 0 Å². The van der Waals surface area contributed by atoms with Crippen molar-refractivity contribution >= 4 is 0 Å². The van der Waals surface area contributed by atoms with E-state index in [2.05, 4.69) is 67.6 Å². The maximum atomic E-state index is 6.70. The van der Waals surface area contributed by atoms with Gasteiger partial charge < -0.3 is 5.73 Å². The molecule has 0 spiro atoms. The molecule has 2 N–H and O–H groups in total. The Bertz CT molecular complexity index is 460. The molecule has 112 valence electrons. The highest BCUT2D eigenvalue weighted by atomic mass is 14.7. The second-order valence-electron chi connectivity index (χ2n) is 6.08. The van der Waals surface area contributed by atoms with Gasteiger partial charge in [0.2, 0.25) is 0 Å². The van der Waals surface area contributed by atoms with Gasteiger partial charge in [0.25, 0.3) is 0 Å². The van der Waals surface area contributed by atoms with Gasteiger partial charge in [0.1, 0.15) is 0 Å². The topological polar surface area (TPSA) is 26.0 Å². The third-order valence-electron chi connectivity index (χ3n) is 4.26. The monoisotopic (exact) mass is 281 g/mol.